The van der Waals surface area contributed by atoms with E-state index in [-0.39, 0.29) is 17.9 Å². The molecule has 1 aliphatic rings. The van der Waals surface area contributed by atoms with Crippen LogP contribution in [0.1, 0.15) is 42.7 Å². The number of halogens is 1. The molecule has 1 fully saturated rings. The molecule has 0 N–H and O–H groups in total. The number of amides is 2. The third-order valence-electron chi connectivity index (χ3n) is 5.81. The third kappa shape index (κ3) is 3.86. The van der Waals surface area contributed by atoms with Gasteiger partial charge in [-0.1, -0.05) is 67.0 Å². The van der Waals surface area contributed by atoms with Crippen LogP contribution in [0.3, 0.4) is 0 Å². The molecule has 2 unspecified atom stereocenters. The summed E-state index contributed by atoms with van der Waals surface area (Å²) in [5, 5.41) is 0. The summed E-state index contributed by atoms with van der Waals surface area (Å²) in [6, 6.07) is 19.2. The summed E-state index contributed by atoms with van der Waals surface area (Å²) in [5.41, 5.74) is 1.43. The maximum Gasteiger partial charge on any atom is 0.261 e. The molecule has 0 bridgehead atoms. The zero-order valence-electron chi connectivity index (χ0n) is 16.5. The second kappa shape index (κ2) is 8.72. The molecule has 2 aromatic carbocycles. The molecule has 0 spiro atoms. The van der Waals surface area contributed by atoms with Crippen LogP contribution in [-0.2, 0) is 9.22 Å². The Morgan fingerprint density at radius 2 is 1.57 bits per heavy atom. The van der Waals surface area contributed by atoms with Crippen LogP contribution in [0, 0.1) is 0 Å². The first-order valence-corrected chi connectivity index (χ1v) is 13.1. The number of benzene rings is 2. The third-order valence-corrected chi connectivity index (χ3v) is 11.0. The van der Waals surface area contributed by atoms with Crippen molar-refractivity contribution in [3.8, 4) is 0 Å². The molecule has 1 saturated heterocycles. The summed E-state index contributed by atoms with van der Waals surface area (Å²) >= 11 is 3.45. The number of hydrogen-bond acceptors (Lipinski definition) is 3. The van der Waals surface area contributed by atoms with Gasteiger partial charge in [0.15, 0.2) is 14.4 Å². The lowest BCUT2D eigenvalue weighted by Crippen LogP contribution is -2.64. The van der Waals surface area contributed by atoms with Crippen molar-refractivity contribution in [3.63, 3.8) is 0 Å². The first-order valence-electron chi connectivity index (χ1n) is 9.82. The van der Waals surface area contributed by atoms with Crippen molar-refractivity contribution in [2.75, 3.05) is 0 Å². The van der Waals surface area contributed by atoms with E-state index < -0.39 is 14.4 Å². The number of likely N-dealkylation sites (tertiary alicyclic amines) is 1. The van der Waals surface area contributed by atoms with Gasteiger partial charge in [0.25, 0.3) is 11.8 Å². The van der Waals surface area contributed by atoms with Gasteiger partial charge in [-0.05, 0) is 48.0 Å². The van der Waals surface area contributed by atoms with Gasteiger partial charge < -0.3 is 4.43 Å². The first-order chi connectivity index (χ1) is 13.5. The SMILES string of the molecule is CC[Si](CC)(CC)OC1C(=O)N(C(=O)c2ccccc2)C1c1ccc(Br)cc1. The van der Waals surface area contributed by atoms with E-state index in [1.165, 1.54) is 4.90 Å². The molecule has 4 nitrogen and oxygen atoms in total. The molecular weight excluding hydrogens is 434 g/mol. The fourth-order valence-electron chi connectivity index (χ4n) is 3.78. The molecule has 1 heterocycles. The van der Waals surface area contributed by atoms with Crippen molar-refractivity contribution in [2.24, 2.45) is 0 Å². The van der Waals surface area contributed by atoms with Crippen molar-refractivity contribution >= 4 is 36.1 Å². The zero-order valence-corrected chi connectivity index (χ0v) is 19.1. The summed E-state index contributed by atoms with van der Waals surface area (Å²) < 4.78 is 7.49. The number of carbonyl (C=O) groups excluding carboxylic acids is 2. The summed E-state index contributed by atoms with van der Waals surface area (Å²) in [5.74, 6) is -0.496. The van der Waals surface area contributed by atoms with Crippen molar-refractivity contribution in [3.05, 3.63) is 70.2 Å². The Morgan fingerprint density at radius 3 is 2.11 bits per heavy atom. The molecule has 0 aromatic heterocycles. The molecular formula is C22H26BrNO3Si. The molecule has 0 radical (unpaired) electrons. The maximum atomic E-state index is 13.1. The van der Waals surface area contributed by atoms with Crippen LogP contribution in [0.15, 0.2) is 59.1 Å². The summed E-state index contributed by atoms with van der Waals surface area (Å²) in [4.78, 5) is 27.5. The van der Waals surface area contributed by atoms with Crippen LogP contribution in [-0.4, -0.2) is 31.1 Å². The van der Waals surface area contributed by atoms with E-state index in [2.05, 4.69) is 36.7 Å². The van der Waals surface area contributed by atoms with E-state index in [0.717, 1.165) is 28.2 Å². The van der Waals surface area contributed by atoms with Gasteiger partial charge in [0.2, 0.25) is 0 Å². The van der Waals surface area contributed by atoms with Crippen molar-refractivity contribution in [1.29, 1.82) is 0 Å². The second-order valence-corrected chi connectivity index (χ2v) is 12.8. The molecule has 6 heteroatoms. The van der Waals surface area contributed by atoms with Gasteiger partial charge >= 0.3 is 0 Å². The number of imide groups is 1. The van der Waals surface area contributed by atoms with Gasteiger partial charge in [0.1, 0.15) is 0 Å². The molecule has 148 valence electrons. The highest BCUT2D eigenvalue weighted by Gasteiger charge is 2.54. The number of hydrogen-bond donors (Lipinski definition) is 0. The minimum atomic E-state index is -1.99. The van der Waals surface area contributed by atoms with E-state index in [1.54, 1.807) is 12.1 Å². The Balaban J connectivity index is 1.95. The molecule has 28 heavy (non-hydrogen) atoms. The first kappa shape index (κ1) is 21.0. The Kier molecular flexibility index (Phi) is 6.53. The van der Waals surface area contributed by atoms with Gasteiger partial charge in [-0.25, -0.2) is 0 Å². The Bertz CT molecular complexity index is 828. The van der Waals surface area contributed by atoms with Crippen LogP contribution >= 0.6 is 15.9 Å². The van der Waals surface area contributed by atoms with Crippen molar-refractivity contribution in [1.82, 2.24) is 4.90 Å². The lowest BCUT2D eigenvalue weighted by molar-refractivity contribution is -0.158. The number of carbonyl (C=O) groups is 2. The predicted octanol–water partition coefficient (Wildman–Crippen LogP) is 5.56. The van der Waals surface area contributed by atoms with Crippen LogP contribution in [0.4, 0.5) is 0 Å². The van der Waals surface area contributed by atoms with Gasteiger partial charge in [-0.15, -0.1) is 0 Å². The predicted molar refractivity (Wildman–Crippen MR) is 117 cm³/mol. The highest BCUT2D eigenvalue weighted by molar-refractivity contribution is 9.10. The van der Waals surface area contributed by atoms with Gasteiger partial charge in [0, 0.05) is 10.0 Å². The average molecular weight is 460 g/mol. The Labute approximate surface area is 176 Å². The lowest BCUT2D eigenvalue weighted by atomic mass is 9.90. The molecule has 2 aromatic rings. The van der Waals surface area contributed by atoms with Gasteiger partial charge in [0.05, 0.1) is 6.04 Å². The zero-order chi connectivity index (χ0) is 20.3. The molecule has 2 amide bonds. The Morgan fingerprint density at radius 1 is 1.00 bits per heavy atom. The van der Waals surface area contributed by atoms with Crippen LogP contribution in [0.25, 0.3) is 0 Å². The number of β-lactam (4-membered cyclic amide) rings is 1. The topological polar surface area (TPSA) is 46.6 Å². The van der Waals surface area contributed by atoms with E-state index in [4.69, 9.17) is 4.43 Å². The highest BCUT2D eigenvalue weighted by atomic mass is 79.9. The smallest absolute Gasteiger partial charge is 0.261 e. The minimum absolute atomic E-state index is 0.228. The summed E-state index contributed by atoms with van der Waals surface area (Å²) in [6.45, 7) is 6.43. The molecule has 0 aliphatic carbocycles. The molecule has 0 saturated carbocycles. The molecule has 2 atom stereocenters. The summed E-state index contributed by atoms with van der Waals surface area (Å²) in [6.07, 6.45) is -0.583. The number of nitrogens with zero attached hydrogens (tertiary/aromatic N) is 1. The van der Waals surface area contributed by atoms with Crippen LogP contribution in [0.5, 0.6) is 0 Å². The largest absolute Gasteiger partial charge is 0.403 e. The highest BCUT2D eigenvalue weighted by Crippen LogP contribution is 2.41. The van der Waals surface area contributed by atoms with Gasteiger partial charge in [-0.2, -0.15) is 0 Å². The maximum absolute atomic E-state index is 13.1. The van der Waals surface area contributed by atoms with Crippen molar-refractivity contribution < 1.29 is 14.0 Å². The average Bonchev–Trinajstić information content (AvgIpc) is 2.74. The normalized spacial score (nSPS) is 19.4. The number of rotatable bonds is 7. The minimum Gasteiger partial charge on any atom is -0.403 e. The van der Waals surface area contributed by atoms with Gasteiger partial charge in [-0.3, -0.25) is 14.5 Å². The fourth-order valence-corrected chi connectivity index (χ4v) is 6.81. The monoisotopic (exact) mass is 459 g/mol. The Hall–Kier alpha value is -1.76. The van der Waals surface area contributed by atoms with Crippen LogP contribution in [0.2, 0.25) is 18.1 Å². The molecule has 1 aliphatic heterocycles. The second-order valence-electron chi connectivity index (χ2n) is 7.16. The van der Waals surface area contributed by atoms with Crippen LogP contribution < -0.4 is 0 Å². The molecule has 3 rings (SSSR count). The van der Waals surface area contributed by atoms with Crippen molar-refractivity contribution in [2.45, 2.75) is 51.0 Å². The fraction of sp³-hybridized carbons (Fsp3) is 0.364. The van der Waals surface area contributed by atoms with E-state index in [0.29, 0.717) is 5.56 Å². The quantitative estimate of drug-likeness (QED) is 0.309. The van der Waals surface area contributed by atoms with E-state index in [9.17, 15) is 9.59 Å². The standard InChI is InChI=1S/C22H26BrNO3Si/c1-4-28(5-2,6-3)27-20-19(16-12-14-18(23)15-13-16)24(22(20)26)21(25)17-10-8-7-9-11-17/h7-15,19-20H,4-6H2,1-3H3. The van der Waals surface area contributed by atoms with E-state index in [1.807, 2.05) is 42.5 Å². The van der Waals surface area contributed by atoms with E-state index >= 15 is 0 Å². The lowest BCUT2D eigenvalue weighted by Gasteiger charge is -2.48. The summed E-state index contributed by atoms with van der Waals surface area (Å²) in [7, 11) is -1.99.